The van der Waals surface area contributed by atoms with Crippen molar-refractivity contribution in [2.75, 3.05) is 0 Å². The highest BCUT2D eigenvalue weighted by molar-refractivity contribution is 5.79. The first-order chi connectivity index (χ1) is 7.32. The second kappa shape index (κ2) is 5.11. The topological polar surface area (TPSA) is 29.1 Å². The normalized spacial score (nSPS) is 26.9. The molecule has 94 valence electrons. The van der Waals surface area contributed by atoms with Crippen LogP contribution in [0.25, 0.3) is 0 Å². The number of carbonyl (C=O) groups excluding carboxylic acids is 1. The van der Waals surface area contributed by atoms with Crippen LogP contribution in [0, 0.1) is 11.3 Å². The maximum atomic E-state index is 12.2. The van der Waals surface area contributed by atoms with Gasteiger partial charge in [0, 0.05) is 6.04 Å². The third-order valence-corrected chi connectivity index (χ3v) is 3.40. The Labute approximate surface area is 95.8 Å². The Morgan fingerprint density at radius 1 is 1.25 bits per heavy atom. The minimum absolute atomic E-state index is 0.0560. The Morgan fingerprint density at radius 3 is 2.31 bits per heavy atom. The van der Waals surface area contributed by atoms with Gasteiger partial charge in [-0.2, -0.15) is 8.78 Å². The molecule has 1 aliphatic carbocycles. The molecule has 4 heteroatoms. The molecule has 0 aliphatic heterocycles. The minimum Gasteiger partial charge on any atom is -0.348 e. The van der Waals surface area contributed by atoms with E-state index in [-0.39, 0.29) is 11.5 Å². The largest absolute Gasteiger partial charge is 0.348 e. The molecule has 0 aromatic rings. The molecule has 1 amide bonds. The number of hydrogen-bond acceptors (Lipinski definition) is 1. The van der Waals surface area contributed by atoms with E-state index >= 15 is 0 Å². The van der Waals surface area contributed by atoms with Gasteiger partial charge < -0.3 is 5.32 Å². The van der Waals surface area contributed by atoms with Crippen LogP contribution < -0.4 is 5.32 Å². The van der Waals surface area contributed by atoms with Crippen LogP contribution >= 0.6 is 0 Å². The van der Waals surface area contributed by atoms with Crippen molar-refractivity contribution in [2.24, 2.45) is 11.3 Å². The number of alkyl halides is 2. The van der Waals surface area contributed by atoms with E-state index in [1.165, 1.54) is 0 Å². The van der Waals surface area contributed by atoms with E-state index in [1.54, 1.807) is 0 Å². The highest BCUT2D eigenvalue weighted by Gasteiger charge is 2.35. The average molecular weight is 233 g/mol. The molecule has 0 aromatic carbocycles. The minimum atomic E-state index is -2.90. The van der Waals surface area contributed by atoms with Crippen LogP contribution in [0.15, 0.2) is 0 Å². The quantitative estimate of drug-likeness (QED) is 0.780. The van der Waals surface area contributed by atoms with Crippen molar-refractivity contribution in [1.82, 2.24) is 5.32 Å². The smallest absolute Gasteiger partial charge is 0.315 e. The van der Waals surface area contributed by atoms with Gasteiger partial charge in [-0.3, -0.25) is 4.79 Å². The Balaban J connectivity index is 2.64. The molecule has 2 unspecified atom stereocenters. The van der Waals surface area contributed by atoms with Gasteiger partial charge in [0.25, 0.3) is 5.91 Å². The summed E-state index contributed by atoms with van der Waals surface area (Å²) in [4.78, 5) is 11.0. The van der Waals surface area contributed by atoms with Gasteiger partial charge in [0.1, 0.15) is 0 Å². The fourth-order valence-electron chi connectivity index (χ4n) is 2.59. The van der Waals surface area contributed by atoms with Gasteiger partial charge in [0.2, 0.25) is 0 Å². The van der Waals surface area contributed by atoms with Crippen molar-refractivity contribution < 1.29 is 13.6 Å². The highest BCUT2D eigenvalue weighted by atomic mass is 19.3. The summed E-state index contributed by atoms with van der Waals surface area (Å²) >= 11 is 0. The number of nitrogens with one attached hydrogen (secondary N) is 1. The van der Waals surface area contributed by atoms with Gasteiger partial charge in [-0.15, -0.1) is 0 Å². The molecular formula is C12H21F2NO. The van der Waals surface area contributed by atoms with Crippen LogP contribution in [0.4, 0.5) is 8.78 Å². The first kappa shape index (κ1) is 13.4. The van der Waals surface area contributed by atoms with E-state index in [2.05, 4.69) is 26.1 Å². The van der Waals surface area contributed by atoms with Crippen LogP contribution in [-0.2, 0) is 4.79 Å². The second-order valence-electron chi connectivity index (χ2n) is 5.67. The first-order valence-corrected chi connectivity index (χ1v) is 5.91. The molecule has 1 aliphatic rings. The van der Waals surface area contributed by atoms with E-state index in [0.717, 1.165) is 25.7 Å². The van der Waals surface area contributed by atoms with E-state index < -0.39 is 12.3 Å². The highest BCUT2D eigenvalue weighted by Crippen LogP contribution is 2.37. The predicted octanol–water partition coefficient (Wildman–Crippen LogP) is 2.97. The summed E-state index contributed by atoms with van der Waals surface area (Å²) in [7, 11) is 0. The molecule has 0 spiro atoms. The number of rotatable bonds is 2. The van der Waals surface area contributed by atoms with Crippen molar-refractivity contribution in [1.29, 1.82) is 0 Å². The maximum Gasteiger partial charge on any atom is 0.315 e. The Bertz CT molecular complexity index is 248. The molecule has 2 nitrogen and oxygen atoms in total. The third-order valence-electron chi connectivity index (χ3n) is 3.40. The molecule has 0 saturated heterocycles. The second-order valence-corrected chi connectivity index (χ2v) is 5.67. The molecule has 2 atom stereocenters. The van der Waals surface area contributed by atoms with E-state index in [0.29, 0.717) is 5.92 Å². The lowest BCUT2D eigenvalue weighted by molar-refractivity contribution is -0.133. The van der Waals surface area contributed by atoms with Crippen LogP contribution in [0.2, 0.25) is 0 Å². The van der Waals surface area contributed by atoms with Crippen molar-refractivity contribution in [2.45, 2.75) is 58.9 Å². The number of hydrogen-bond donors (Lipinski definition) is 1. The lowest BCUT2D eigenvalue weighted by Gasteiger charge is -2.40. The van der Waals surface area contributed by atoms with Crippen molar-refractivity contribution in [3.05, 3.63) is 0 Å². The number of carbonyl (C=O) groups is 1. The summed E-state index contributed by atoms with van der Waals surface area (Å²) in [5.74, 6) is -0.829. The van der Waals surface area contributed by atoms with Gasteiger partial charge in [-0.05, 0) is 24.2 Å². The van der Waals surface area contributed by atoms with Crippen LogP contribution in [-0.4, -0.2) is 18.4 Å². The summed E-state index contributed by atoms with van der Waals surface area (Å²) in [6.45, 7) is 6.31. The molecule has 0 aromatic heterocycles. The molecule has 1 saturated carbocycles. The Kier molecular flexibility index (Phi) is 4.28. The first-order valence-electron chi connectivity index (χ1n) is 5.91. The van der Waals surface area contributed by atoms with Crippen molar-refractivity contribution in [3.8, 4) is 0 Å². The van der Waals surface area contributed by atoms with Crippen molar-refractivity contribution >= 4 is 5.91 Å². The molecule has 1 N–H and O–H groups in total. The summed E-state index contributed by atoms with van der Waals surface area (Å²) < 4.78 is 24.4. The lowest BCUT2D eigenvalue weighted by Crippen LogP contribution is -2.48. The van der Waals surface area contributed by atoms with Gasteiger partial charge in [-0.1, -0.05) is 33.6 Å². The molecule has 1 rings (SSSR count). The van der Waals surface area contributed by atoms with E-state index in [1.807, 2.05) is 0 Å². The van der Waals surface area contributed by atoms with E-state index in [4.69, 9.17) is 0 Å². The van der Waals surface area contributed by atoms with E-state index in [9.17, 15) is 13.6 Å². The lowest BCUT2D eigenvalue weighted by atomic mass is 9.69. The predicted molar refractivity (Wildman–Crippen MR) is 59.3 cm³/mol. The number of halogens is 2. The Hall–Kier alpha value is -0.670. The molecule has 0 heterocycles. The standard InChI is InChI=1S/C12H21F2NO/c1-12(2,3)8-6-4-5-7-9(8)15-11(16)10(13)14/h8-10H,4-7H2,1-3H3,(H,15,16). The monoisotopic (exact) mass is 233 g/mol. The van der Waals surface area contributed by atoms with Crippen LogP contribution in [0.1, 0.15) is 46.5 Å². The SMILES string of the molecule is CC(C)(C)C1CCCCC1NC(=O)C(F)F. The third kappa shape index (κ3) is 3.42. The molecule has 16 heavy (non-hydrogen) atoms. The zero-order chi connectivity index (χ0) is 12.3. The summed E-state index contributed by atoms with van der Waals surface area (Å²) in [6, 6.07) is -0.0877. The fourth-order valence-corrected chi connectivity index (χ4v) is 2.59. The van der Waals surface area contributed by atoms with Crippen molar-refractivity contribution in [3.63, 3.8) is 0 Å². The summed E-state index contributed by atoms with van der Waals surface area (Å²) in [6.07, 6.45) is 1.07. The number of amides is 1. The Morgan fingerprint density at radius 2 is 1.81 bits per heavy atom. The van der Waals surface area contributed by atoms with Gasteiger partial charge in [0.05, 0.1) is 0 Å². The molecule has 0 radical (unpaired) electrons. The molecule has 1 fully saturated rings. The van der Waals surface area contributed by atoms with Crippen LogP contribution in [0.3, 0.4) is 0 Å². The fraction of sp³-hybridized carbons (Fsp3) is 0.917. The maximum absolute atomic E-state index is 12.2. The van der Waals surface area contributed by atoms with Gasteiger partial charge in [0.15, 0.2) is 0 Å². The average Bonchev–Trinajstić information content (AvgIpc) is 2.16. The zero-order valence-corrected chi connectivity index (χ0v) is 10.2. The zero-order valence-electron chi connectivity index (χ0n) is 10.2. The summed E-state index contributed by atoms with van der Waals surface area (Å²) in [5, 5.41) is 2.49. The van der Waals surface area contributed by atoms with Crippen LogP contribution in [0.5, 0.6) is 0 Å². The van der Waals surface area contributed by atoms with Gasteiger partial charge in [-0.25, -0.2) is 0 Å². The van der Waals surface area contributed by atoms with Gasteiger partial charge >= 0.3 is 6.43 Å². The molecule has 0 bridgehead atoms. The molecular weight excluding hydrogens is 212 g/mol. The summed E-state index contributed by atoms with van der Waals surface area (Å²) in [5.41, 5.74) is 0.0560.